The van der Waals surface area contributed by atoms with Gasteiger partial charge in [-0.3, -0.25) is 4.98 Å². The van der Waals surface area contributed by atoms with Crippen LogP contribution in [-0.4, -0.2) is 19.1 Å². The largest absolute Gasteiger partial charge is 0.308 e. The van der Waals surface area contributed by atoms with Gasteiger partial charge in [-0.25, -0.2) is 4.98 Å². The Morgan fingerprint density at radius 1 is 0.380 bits per heavy atom. The highest BCUT2D eigenvalue weighted by molar-refractivity contribution is 6.15. The molecule has 0 fully saturated rings. The fourth-order valence-electron chi connectivity index (χ4n) is 7.53. The molecule has 0 spiro atoms. The van der Waals surface area contributed by atoms with E-state index >= 15 is 0 Å². The highest BCUT2D eigenvalue weighted by Crippen LogP contribution is 2.41. The minimum absolute atomic E-state index is 0.937. The van der Waals surface area contributed by atoms with Crippen LogP contribution in [0.25, 0.3) is 88.8 Å². The fraction of sp³-hybridized carbons (Fsp3) is 0. The van der Waals surface area contributed by atoms with Crippen molar-refractivity contribution in [2.24, 2.45) is 0 Å². The lowest BCUT2D eigenvalue weighted by Crippen LogP contribution is -1.99. The van der Waals surface area contributed by atoms with Crippen LogP contribution in [0.3, 0.4) is 0 Å². The molecule has 4 heterocycles. The van der Waals surface area contributed by atoms with Crippen molar-refractivity contribution >= 4 is 43.7 Å². The van der Waals surface area contributed by atoms with Crippen LogP contribution in [0.4, 0.5) is 0 Å². The van der Waals surface area contributed by atoms with Crippen molar-refractivity contribution in [2.75, 3.05) is 0 Å². The quantitative estimate of drug-likeness (QED) is 0.188. The Hall–Kier alpha value is -6.78. The molecule has 0 aliphatic carbocycles. The van der Waals surface area contributed by atoms with Crippen molar-refractivity contribution in [1.29, 1.82) is 0 Å². The molecule has 234 valence electrons. The molecule has 0 aliphatic rings. The van der Waals surface area contributed by atoms with Crippen LogP contribution in [0.5, 0.6) is 0 Å². The van der Waals surface area contributed by atoms with E-state index < -0.39 is 0 Å². The summed E-state index contributed by atoms with van der Waals surface area (Å²) in [5.74, 6) is 0. The molecule has 0 saturated carbocycles. The van der Waals surface area contributed by atoms with E-state index in [2.05, 4.69) is 179 Å². The molecule has 0 radical (unpaired) electrons. The molecule has 10 aromatic rings. The Morgan fingerprint density at radius 3 is 1.76 bits per heavy atom. The van der Waals surface area contributed by atoms with Gasteiger partial charge in [0.1, 0.15) is 0 Å². The van der Waals surface area contributed by atoms with Crippen LogP contribution in [0.1, 0.15) is 0 Å². The molecule has 6 aromatic carbocycles. The van der Waals surface area contributed by atoms with Gasteiger partial charge in [-0.15, -0.1) is 0 Å². The maximum Gasteiger partial charge on any atom is 0.0963 e. The number of hydrogen-bond donors (Lipinski definition) is 0. The molecule has 0 N–H and O–H groups in total. The van der Waals surface area contributed by atoms with Crippen LogP contribution < -0.4 is 0 Å². The maximum atomic E-state index is 5.20. The van der Waals surface area contributed by atoms with E-state index in [0.29, 0.717) is 0 Å². The third-order valence-corrected chi connectivity index (χ3v) is 9.75. The monoisotopic (exact) mass is 638 g/mol. The molecule has 4 heteroatoms. The lowest BCUT2D eigenvalue weighted by molar-refractivity contribution is 1.16. The topological polar surface area (TPSA) is 35.6 Å². The smallest absolute Gasteiger partial charge is 0.0963 e. The Labute approximate surface area is 289 Å². The third-order valence-electron chi connectivity index (χ3n) is 9.75. The number of rotatable bonds is 5. The predicted molar refractivity (Wildman–Crippen MR) is 207 cm³/mol. The number of hydrogen-bond acceptors (Lipinski definition) is 2. The number of pyridine rings is 2. The summed E-state index contributed by atoms with van der Waals surface area (Å²) in [6.07, 6.45) is 1.88. The fourth-order valence-corrected chi connectivity index (χ4v) is 7.53. The molecule has 0 aliphatic heterocycles. The van der Waals surface area contributed by atoms with Crippen LogP contribution in [0.2, 0.25) is 0 Å². The molecular weight excluding hydrogens is 609 g/mol. The summed E-state index contributed by atoms with van der Waals surface area (Å²) < 4.78 is 4.76. The third kappa shape index (κ3) is 4.46. The first kappa shape index (κ1) is 28.3. The van der Waals surface area contributed by atoms with Crippen molar-refractivity contribution < 1.29 is 0 Å². The first-order valence-corrected chi connectivity index (χ1v) is 16.9. The summed E-state index contributed by atoms with van der Waals surface area (Å²) in [5, 5.41) is 3.56. The van der Waals surface area contributed by atoms with Crippen molar-refractivity contribution in [3.63, 3.8) is 0 Å². The highest BCUT2D eigenvalue weighted by Gasteiger charge is 2.20. The summed E-state index contributed by atoms with van der Waals surface area (Å²) in [6.45, 7) is 0. The van der Waals surface area contributed by atoms with Gasteiger partial charge in [0.05, 0.1) is 44.7 Å². The van der Waals surface area contributed by atoms with Crippen molar-refractivity contribution in [3.8, 4) is 45.0 Å². The number of aromatic nitrogens is 4. The number of benzene rings is 6. The van der Waals surface area contributed by atoms with Crippen LogP contribution in [0.15, 0.2) is 182 Å². The lowest BCUT2D eigenvalue weighted by atomic mass is 10.0. The molecule has 0 amide bonds. The van der Waals surface area contributed by atoms with E-state index in [9.17, 15) is 0 Å². The second-order valence-electron chi connectivity index (χ2n) is 12.7. The van der Waals surface area contributed by atoms with Crippen LogP contribution in [-0.2, 0) is 0 Å². The Kier molecular flexibility index (Phi) is 6.46. The van der Waals surface area contributed by atoms with Crippen LogP contribution in [0, 0.1) is 0 Å². The van der Waals surface area contributed by atoms with E-state index in [4.69, 9.17) is 9.97 Å². The number of fused-ring (bicyclic) bond motifs is 6. The van der Waals surface area contributed by atoms with Gasteiger partial charge in [0.15, 0.2) is 0 Å². The number of nitrogens with zero attached hydrogens (tertiary/aromatic N) is 4. The molecule has 4 aromatic heterocycles. The zero-order valence-corrected chi connectivity index (χ0v) is 27.1. The average Bonchev–Trinajstić information content (AvgIpc) is 3.71. The van der Waals surface area contributed by atoms with E-state index in [1.165, 1.54) is 10.8 Å². The zero-order chi connectivity index (χ0) is 33.0. The van der Waals surface area contributed by atoms with Gasteiger partial charge in [0.2, 0.25) is 0 Å². The molecular formula is C46H30N4. The molecule has 0 saturated heterocycles. The van der Waals surface area contributed by atoms with E-state index in [-0.39, 0.29) is 0 Å². The van der Waals surface area contributed by atoms with Crippen molar-refractivity contribution in [3.05, 3.63) is 182 Å². The van der Waals surface area contributed by atoms with E-state index in [1.807, 2.05) is 12.3 Å². The Morgan fingerprint density at radius 2 is 1.02 bits per heavy atom. The molecule has 0 atom stereocenters. The Bertz CT molecular complexity index is 2790. The summed E-state index contributed by atoms with van der Waals surface area (Å²) in [7, 11) is 0. The molecule has 0 unspecified atom stereocenters. The summed E-state index contributed by atoms with van der Waals surface area (Å²) >= 11 is 0. The standard InChI is InChI=1S/C46H30N4/c1-4-14-31(15-5-1)40-29-35(30-41(48-40)32-16-6-2-7-17-32)50-42-23-11-10-20-37(42)38-22-12-21-36(46(38)50)33-25-26-39-44(28-33)49(34-18-8-3-9-19-34)43-24-13-27-47-45(39)43/h1-30H. The van der Waals surface area contributed by atoms with Gasteiger partial charge in [-0.05, 0) is 60.2 Å². The molecule has 50 heavy (non-hydrogen) atoms. The molecule has 0 bridgehead atoms. The minimum atomic E-state index is 0.937. The van der Waals surface area contributed by atoms with E-state index in [0.717, 1.165) is 78.0 Å². The zero-order valence-electron chi connectivity index (χ0n) is 27.1. The van der Waals surface area contributed by atoms with Crippen LogP contribution >= 0.6 is 0 Å². The second kappa shape index (κ2) is 11.4. The van der Waals surface area contributed by atoms with Gasteiger partial charge < -0.3 is 9.13 Å². The van der Waals surface area contributed by atoms with Crippen molar-refractivity contribution in [1.82, 2.24) is 19.1 Å². The van der Waals surface area contributed by atoms with Gasteiger partial charge in [-0.2, -0.15) is 0 Å². The first-order valence-electron chi connectivity index (χ1n) is 16.9. The summed E-state index contributed by atoms with van der Waals surface area (Å²) in [4.78, 5) is 10.0. The highest BCUT2D eigenvalue weighted by atomic mass is 15.0. The van der Waals surface area contributed by atoms with Gasteiger partial charge in [0, 0.05) is 44.7 Å². The Balaban J connectivity index is 1.28. The van der Waals surface area contributed by atoms with E-state index in [1.54, 1.807) is 0 Å². The summed E-state index contributed by atoms with van der Waals surface area (Å²) in [6, 6.07) is 62.4. The SMILES string of the molecule is c1ccc(-c2cc(-n3c4ccccc4c4cccc(-c5ccc6c7ncccc7n(-c7ccccc7)c6c5)c43)cc(-c3ccccc3)n2)cc1. The van der Waals surface area contributed by atoms with Gasteiger partial charge in [-0.1, -0.05) is 121 Å². The molecule has 4 nitrogen and oxygen atoms in total. The number of para-hydroxylation sites is 3. The second-order valence-corrected chi connectivity index (χ2v) is 12.7. The normalized spacial score (nSPS) is 11.6. The van der Waals surface area contributed by atoms with Crippen molar-refractivity contribution in [2.45, 2.75) is 0 Å². The van der Waals surface area contributed by atoms with Gasteiger partial charge in [0.25, 0.3) is 0 Å². The summed E-state index contributed by atoms with van der Waals surface area (Å²) in [5.41, 5.74) is 14.1. The lowest BCUT2D eigenvalue weighted by Gasteiger charge is -2.15. The predicted octanol–water partition coefficient (Wildman–Crippen LogP) is 11.7. The van der Waals surface area contributed by atoms with Gasteiger partial charge >= 0.3 is 0 Å². The maximum absolute atomic E-state index is 5.20. The first-order chi connectivity index (χ1) is 24.8. The average molecular weight is 639 g/mol. The molecule has 10 rings (SSSR count). The minimum Gasteiger partial charge on any atom is -0.308 e.